The average molecular weight is 291 g/mol. The van der Waals surface area contributed by atoms with Crippen LogP contribution in [0.5, 0.6) is 0 Å². The number of anilines is 1. The van der Waals surface area contributed by atoms with Crippen LogP contribution in [0.1, 0.15) is 75.9 Å². The number of hydrogen-bond acceptors (Lipinski definition) is 3. The van der Waals surface area contributed by atoms with Gasteiger partial charge in [-0.25, -0.2) is 4.98 Å². The van der Waals surface area contributed by atoms with Crippen molar-refractivity contribution in [2.45, 2.75) is 65.8 Å². The molecule has 0 radical (unpaired) electrons. The van der Waals surface area contributed by atoms with E-state index < -0.39 is 0 Å². The fraction of sp³-hybridized carbons (Fsp3) is 0.647. The van der Waals surface area contributed by atoms with Crippen molar-refractivity contribution in [3.8, 4) is 0 Å². The lowest BCUT2D eigenvalue weighted by Crippen LogP contribution is -2.32. The van der Waals surface area contributed by atoms with Crippen LogP contribution in [0.4, 0.5) is 5.82 Å². The third-order valence-electron chi connectivity index (χ3n) is 3.51. The maximum Gasteiger partial charge on any atom is 0.251 e. The Labute approximate surface area is 128 Å². The number of amides is 1. The first-order valence-electron chi connectivity index (χ1n) is 7.88. The third kappa shape index (κ3) is 6.15. The molecule has 1 rings (SSSR count). The van der Waals surface area contributed by atoms with Gasteiger partial charge in [-0.3, -0.25) is 4.79 Å². The van der Waals surface area contributed by atoms with Crippen LogP contribution in [0.3, 0.4) is 0 Å². The van der Waals surface area contributed by atoms with Crippen LogP contribution in [-0.2, 0) is 0 Å². The molecule has 1 aromatic heterocycles. The summed E-state index contributed by atoms with van der Waals surface area (Å²) in [5.41, 5.74) is 7.24. The van der Waals surface area contributed by atoms with Crippen LogP contribution in [0.15, 0.2) is 12.1 Å². The summed E-state index contributed by atoms with van der Waals surface area (Å²) in [5.74, 6) is 1.30. The van der Waals surface area contributed by atoms with Crippen molar-refractivity contribution in [3.63, 3.8) is 0 Å². The Bertz CT molecular complexity index is 469. The van der Waals surface area contributed by atoms with Crippen molar-refractivity contribution in [2.24, 2.45) is 5.92 Å². The second kappa shape index (κ2) is 8.01. The van der Waals surface area contributed by atoms with Gasteiger partial charge in [0.05, 0.1) is 0 Å². The molecule has 118 valence electrons. The van der Waals surface area contributed by atoms with Gasteiger partial charge < -0.3 is 11.1 Å². The second-order valence-corrected chi connectivity index (χ2v) is 6.56. The predicted octanol–water partition coefficient (Wildman–Crippen LogP) is 3.73. The monoisotopic (exact) mass is 291 g/mol. The van der Waals surface area contributed by atoms with Crippen molar-refractivity contribution < 1.29 is 4.79 Å². The highest BCUT2D eigenvalue weighted by Gasteiger charge is 2.13. The van der Waals surface area contributed by atoms with Gasteiger partial charge in [0.25, 0.3) is 5.91 Å². The molecule has 4 heteroatoms. The number of carbonyl (C=O) groups excluding carboxylic acids is 1. The molecule has 1 aromatic rings. The number of carbonyl (C=O) groups is 1. The van der Waals surface area contributed by atoms with E-state index in [1.165, 1.54) is 6.42 Å². The van der Waals surface area contributed by atoms with Gasteiger partial charge in [0.15, 0.2) is 0 Å². The van der Waals surface area contributed by atoms with E-state index in [9.17, 15) is 4.79 Å². The molecule has 1 unspecified atom stereocenters. The highest BCUT2D eigenvalue weighted by molar-refractivity contribution is 5.95. The van der Waals surface area contributed by atoms with Crippen LogP contribution in [0.2, 0.25) is 0 Å². The van der Waals surface area contributed by atoms with Gasteiger partial charge in [-0.05, 0) is 37.3 Å². The van der Waals surface area contributed by atoms with E-state index in [0.29, 0.717) is 17.3 Å². The summed E-state index contributed by atoms with van der Waals surface area (Å²) in [6.07, 6.45) is 3.33. The SMILES string of the molecule is CC(C)CCCC(C)NC(=O)c1cc(N)nc(C(C)C)c1. The van der Waals surface area contributed by atoms with Gasteiger partial charge in [-0.15, -0.1) is 0 Å². The number of pyridine rings is 1. The van der Waals surface area contributed by atoms with Gasteiger partial charge in [-0.1, -0.05) is 40.5 Å². The summed E-state index contributed by atoms with van der Waals surface area (Å²) in [6, 6.07) is 3.65. The number of nitrogens with zero attached hydrogens (tertiary/aromatic N) is 1. The summed E-state index contributed by atoms with van der Waals surface area (Å²) in [6.45, 7) is 10.6. The summed E-state index contributed by atoms with van der Waals surface area (Å²) in [7, 11) is 0. The Morgan fingerprint density at radius 1 is 1.19 bits per heavy atom. The molecule has 0 aliphatic rings. The lowest BCUT2D eigenvalue weighted by atomic mass is 10.0. The van der Waals surface area contributed by atoms with Crippen LogP contribution < -0.4 is 11.1 Å². The molecule has 0 saturated carbocycles. The standard InChI is InChI=1S/C17H29N3O/c1-11(2)7-6-8-13(5)19-17(21)14-9-15(12(3)4)20-16(18)10-14/h9-13H,6-8H2,1-5H3,(H2,18,20)(H,19,21). The zero-order valence-electron chi connectivity index (χ0n) is 13.9. The minimum atomic E-state index is -0.0666. The molecule has 0 aliphatic carbocycles. The second-order valence-electron chi connectivity index (χ2n) is 6.56. The van der Waals surface area contributed by atoms with Crippen molar-refractivity contribution in [3.05, 3.63) is 23.4 Å². The number of aromatic nitrogens is 1. The quantitative estimate of drug-likeness (QED) is 0.804. The molecule has 0 bridgehead atoms. The van der Waals surface area contributed by atoms with Crippen molar-refractivity contribution in [1.82, 2.24) is 10.3 Å². The molecule has 0 fully saturated rings. The first kappa shape index (κ1) is 17.5. The van der Waals surface area contributed by atoms with E-state index in [0.717, 1.165) is 18.5 Å². The molecular formula is C17H29N3O. The Kier molecular flexibility index (Phi) is 6.66. The largest absolute Gasteiger partial charge is 0.384 e. The highest BCUT2D eigenvalue weighted by Crippen LogP contribution is 2.16. The van der Waals surface area contributed by atoms with E-state index in [2.05, 4.69) is 24.1 Å². The fourth-order valence-electron chi connectivity index (χ4n) is 2.21. The predicted molar refractivity (Wildman–Crippen MR) is 88.4 cm³/mol. The number of nitrogens with one attached hydrogen (secondary N) is 1. The summed E-state index contributed by atoms with van der Waals surface area (Å²) in [4.78, 5) is 16.5. The number of nitrogen functional groups attached to an aromatic ring is 1. The van der Waals surface area contributed by atoms with Crippen molar-refractivity contribution >= 4 is 11.7 Å². The first-order valence-corrected chi connectivity index (χ1v) is 7.88. The Hall–Kier alpha value is -1.58. The van der Waals surface area contributed by atoms with E-state index in [4.69, 9.17) is 5.73 Å². The van der Waals surface area contributed by atoms with Crippen LogP contribution in [-0.4, -0.2) is 16.9 Å². The number of nitrogens with two attached hydrogens (primary N) is 1. The lowest BCUT2D eigenvalue weighted by Gasteiger charge is -2.15. The van der Waals surface area contributed by atoms with Gasteiger partial charge >= 0.3 is 0 Å². The first-order chi connectivity index (χ1) is 9.79. The number of hydrogen-bond donors (Lipinski definition) is 2. The maximum absolute atomic E-state index is 12.3. The van der Waals surface area contributed by atoms with Gasteiger partial charge in [0, 0.05) is 17.3 Å². The van der Waals surface area contributed by atoms with Gasteiger partial charge in [-0.2, -0.15) is 0 Å². The maximum atomic E-state index is 12.3. The molecule has 3 N–H and O–H groups in total. The average Bonchev–Trinajstić information content (AvgIpc) is 2.37. The molecule has 21 heavy (non-hydrogen) atoms. The lowest BCUT2D eigenvalue weighted by molar-refractivity contribution is 0.0937. The molecule has 0 spiro atoms. The van der Waals surface area contributed by atoms with Crippen LogP contribution in [0, 0.1) is 5.92 Å². The minimum absolute atomic E-state index is 0.0666. The summed E-state index contributed by atoms with van der Waals surface area (Å²) < 4.78 is 0. The van der Waals surface area contributed by atoms with Gasteiger partial charge in [0.1, 0.15) is 5.82 Å². The Morgan fingerprint density at radius 3 is 2.43 bits per heavy atom. The Balaban J connectivity index is 2.62. The van der Waals surface area contributed by atoms with E-state index in [-0.39, 0.29) is 17.9 Å². The van der Waals surface area contributed by atoms with Crippen molar-refractivity contribution in [2.75, 3.05) is 5.73 Å². The molecule has 0 aromatic carbocycles. The molecule has 1 atom stereocenters. The normalized spacial score (nSPS) is 12.7. The highest BCUT2D eigenvalue weighted by atomic mass is 16.1. The molecule has 0 aliphatic heterocycles. The van der Waals surface area contributed by atoms with Crippen LogP contribution in [0.25, 0.3) is 0 Å². The molecule has 1 heterocycles. The fourth-order valence-corrected chi connectivity index (χ4v) is 2.21. The molecular weight excluding hydrogens is 262 g/mol. The molecule has 1 amide bonds. The summed E-state index contributed by atoms with van der Waals surface area (Å²) in [5, 5.41) is 3.04. The van der Waals surface area contributed by atoms with E-state index >= 15 is 0 Å². The van der Waals surface area contributed by atoms with Crippen LogP contribution >= 0.6 is 0 Å². The summed E-state index contributed by atoms with van der Waals surface area (Å²) >= 11 is 0. The Morgan fingerprint density at radius 2 is 1.86 bits per heavy atom. The topological polar surface area (TPSA) is 68.0 Å². The van der Waals surface area contributed by atoms with E-state index in [1.807, 2.05) is 26.8 Å². The molecule has 0 saturated heterocycles. The van der Waals surface area contributed by atoms with E-state index in [1.54, 1.807) is 6.07 Å². The minimum Gasteiger partial charge on any atom is -0.384 e. The van der Waals surface area contributed by atoms with Crippen molar-refractivity contribution in [1.29, 1.82) is 0 Å². The number of rotatable bonds is 7. The molecule has 4 nitrogen and oxygen atoms in total. The zero-order valence-corrected chi connectivity index (χ0v) is 13.9. The smallest absolute Gasteiger partial charge is 0.251 e. The van der Waals surface area contributed by atoms with Gasteiger partial charge in [0.2, 0.25) is 0 Å². The zero-order chi connectivity index (χ0) is 16.0. The third-order valence-corrected chi connectivity index (χ3v) is 3.51.